The Hall–Kier alpha value is -2.24. The van der Waals surface area contributed by atoms with E-state index in [9.17, 15) is 25.6 Å². The van der Waals surface area contributed by atoms with Crippen molar-refractivity contribution in [2.24, 2.45) is 0 Å². The number of anilines is 1. The van der Waals surface area contributed by atoms with Crippen LogP contribution in [0, 0.1) is 11.6 Å². The van der Waals surface area contributed by atoms with Gasteiger partial charge in [0.2, 0.25) is 10.0 Å². The Morgan fingerprint density at radius 3 is 2.34 bits per heavy atom. The summed E-state index contributed by atoms with van der Waals surface area (Å²) in [6.07, 6.45) is 1.46. The van der Waals surface area contributed by atoms with Gasteiger partial charge in [-0.2, -0.15) is 4.31 Å². The maximum absolute atomic E-state index is 13.9. The lowest BCUT2D eigenvalue weighted by Gasteiger charge is -2.19. The smallest absolute Gasteiger partial charge is 0.264 e. The number of hydrogen-bond acceptors (Lipinski definition) is 5. The minimum Gasteiger partial charge on any atom is -0.492 e. The summed E-state index contributed by atoms with van der Waals surface area (Å²) in [5.74, 6) is -1.97. The summed E-state index contributed by atoms with van der Waals surface area (Å²) in [5, 5.41) is 0. The predicted octanol–water partition coefficient (Wildman–Crippen LogP) is 2.95. The topological polar surface area (TPSA) is 92.8 Å². The molecule has 3 rings (SSSR count). The summed E-state index contributed by atoms with van der Waals surface area (Å²) in [7, 11) is -8.40. The highest BCUT2D eigenvalue weighted by molar-refractivity contribution is 7.92. The molecule has 11 heteroatoms. The van der Waals surface area contributed by atoms with Gasteiger partial charge in [-0.05, 0) is 56.2 Å². The van der Waals surface area contributed by atoms with E-state index < -0.39 is 36.6 Å². The molecule has 0 aliphatic carbocycles. The first-order valence-electron chi connectivity index (χ1n) is 8.90. The van der Waals surface area contributed by atoms with Gasteiger partial charge >= 0.3 is 0 Å². The number of rotatable bonds is 7. The number of sulfonamides is 2. The van der Waals surface area contributed by atoms with Crippen molar-refractivity contribution in [1.82, 2.24) is 4.31 Å². The number of hydrogen-bond donors (Lipinski definition) is 1. The lowest BCUT2D eigenvalue weighted by Crippen LogP contribution is -2.28. The second-order valence-corrected chi connectivity index (χ2v) is 9.94. The molecule has 0 spiro atoms. The van der Waals surface area contributed by atoms with Gasteiger partial charge in [0, 0.05) is 13.1 Å². The van der Waals surface area contributed by atoms with Gasteiger partial charge in [-0.25, -0.2) is 25.6 Å². The third-order valence-corrected chi connectivity index (χ3v) is 7.68. The van der Waals surface area contributed by atoms with Gasteiger partial charge in [-0.3, -0.25) is 4.72 Å². The number of ether oxygens (including phenoxy) is 1. The minimum atomic E-state index is -4.49. The van der Waals surface area contributed by atoms with E-state index in [1.807, 2.05) is 0 Å². The van der Waals surface area contributed by atoms with E-state index in [0.29, 0.717) is 25.2 Å². The predicted molar refractivity (Wildman–Crippen MR) is 103 cm³/mol. The van der Waals surface area contributed by atoms with Crippen molar-refractivity contribution < 1.29 is 30.4 Å². The summed E-state index contributed by atoms with van der Waals surface area (Å²) in [6.45, 7) is 2.62. The summed E-state index contributed by atoms with van der Waals surface area (Å²) in [4.78, 5) is -1.07. The quantitative estimate of drug-likeness (QED) is 0.706. The minimum absolute atomic E-state index is 0.0827. The number of halogens is 2. The van der Waals surface area contributed by atoms with Crippen LogP contribution in [0.2, 0.25) is 0 Å². The van der Waals surface area contributed by atoms with Crippen molar-refractivity contribution >= 4 is 25.7 Å². The highest BCUT2D eigenvalue weighted by Gasteiger charge is 2.31. The van der Waals surface area contributed by atoms with E-state index >= 15 is 0 Å². The molecule has 1 heterocycles. The van der Waals surface area contributed by atoms with Crippen molar-refractivity contribution in [3.8, 4) is 5.75 Å². The molecule has 0 amide bonds. The first kappa shape index (κ1) is 21.5. The standard InChI is InChI=1S/C18H20F2N2O5S2/c1-2-27-16-8-6-14(12-18(16)29(25,26)22-9-3-4-10-22)21-28(23,24)17-11-13(19)5-7-15(17)20/h5-8,11-12,21H,2-4,9-10H2,1H3. The van der Waals surface area contributed by atoms with Crippen LogP contribution in [0.4, 0.5) is 14.5 Å². The van der Waals surface area contributed by atoms with Crippen LogP contribution in [0.25, 0.3) is 0 Å². The molecule has 0 bridgehead atoms. The van der Waals surface area contributed by atoms with E-state index in [2.05, 4.69) is 4.72 Å². The molecule has 1 saturated heterocycles. The highest BCUT2D eigenvalue weighted by atomic mass is 32.2. The van der Waals surface area contributed by atoms with E-state index in [1.165, 1.54) is 16.4 Å². The third kappa shape index (κ3) is 4.51. The number of nitrogens with one attached hydrogen (secondary N) is 1. The zero-order valence-corrected chi connectivity index (χ0v) is 17.2. The van der Waals surface area contributed by atoms with Crippen LogP contribution in [0.3, 0.4) is 0 Å². The fraction of sp³-hybridized carbons (Fsp3) is 0.333. The van der Waals surface area contributed by atoms with Crippen LogP contribution in [-0.4, -0.2) is 40.8 Å². The van der Waals surface area contributed by atoms with E-state index in [-0.39, 0.29) is 22.9 Å². The van der Waals surface area contributed by atoms with Crippen molar-refractivity contribution in [2.75, 3.05) is 24.4 Å². The molecule has 1 aliphatic rings. The molecule has 0 aromatic heterocycles. The van der Waals surface area contributed by atoms with E-state index in [4.69, 9.17) is 4.74 Å². The largest absolute Gasteiger partial charge is 0.492 e. The molecule has 0 saturated carbocycles. The van der Waals surface area contributed by atoms with Crippen LogP contribution in [-0.2, 0) is 20.0 Å². The molecule has 0 atom stereocenters. The van der Waals surface area contributed by atoms with E-state index in [0.717, 1.165) is 25.0 Å². The van der Waals surface area contributed by atoms with Crippen molar-refractivity contribution in [2.45, 2.75) is 29.6 Å². The lowest BCUT2D eigenvalue weighted by atomic mass is 10.3. The Labute approximate surface area is 168 Å². The van der Waals surface area contributed by atoms with Crippen LogP contribution < -0.4 is 9.46 Å². The normalized spacial score (nSPS) is 15.4. The summed E-state index contributed by atoms with van der Waals surface area (Å²) in [5.41, 5.74) is -0.116. The molecule has 1 aliphatic heterocycles. The molecule has 29 heavy (non-hydrogen) atoms. The van der Waals surface area contributed by atoms with Crippen LogP contribution in [0.15, 0.2) is 46.2 Å². The summed E-state index contributed by atoms with van der Waals surface area (Å²) >= 11 is 0. The van der Waals surface area contributed by atoms with Gasteiger partial charge < -0.3 is 4.74 Å². The molecule has 7 nitrogen and oxygen atoms in total. The first-order chi connectivity index (χ1) is 13.6. The number of nitrogens with zero attached hydrogens (tertiary/aromatic N) is 1. The molecule has 0 radical (unpaired) electrons. The Kier molecular flexibility index (Phi) is 6.11. The second kappa shape index (κ2) is 8.25. The molecule has 2 aromatic rings. The van der Waals surface area contributed by atoms with Crippen LogP contribution in [0.1, 0.15) is 19.8 Å². The van der Waals surface area contributed by atoms with Gasteiger partial charge in [0.1, 0.15) is 27.2 Å². The first-order valence-corrected chi connectivity index (χ1v) is 11.8. The van der Waals surface area contributed by atoms with Gasteiger partial charge in [0.25, 0.3) is 10.0 Å². The fourth-order valence-electron chi connectivity index (χ4n) is 3.01. The monoisotopic (exact) mass is 446 g/mol. The molecule has 2 aromatic carbocycles. The molecular formula is C18H20F2N2O5S2. The van der Waals surface area contributed by atoms with Gasteiger partial charge in [-0.1, -0.05) is 0 Å². The average molecular weight is 446 g/mol. The SMILES string of the molecule is CCOc1ccc(NS(=O)(=O)c2cc(F)ccc2F)cc1S(=O)(=O)N1CCCC1. The van der Waals surface area contributed by atoms with Gasteiger partial charge in [0.05, 0.1) is 12.3 Å². The maximum atomic E-state index is 13.9. The van der Waals surface area contributed by atoms with Crippen molar-refractivity contribution in [1.29, 1.82) is 0 Å². The third-order valence-electron chi connectivity index (χ3n) is 4.36. The highest BCUT2D eigenvalue weighted by Crippen LogP contribution is 2.32. The second-order valence-electron chi connectivity index (χ2n) is 6.39. The molecule has 1 N–H and O–H groups in total. The Balaban J connectivity index is 2.02. The molecule has 0 unspecified atom stereocenters. The summed E-state index contributed by atoms with van der Waals surface area (Å²) in [6, 6.07) is 5.79. The number of benzene rings is 2. The Bertz CT molecular complexity index is 1120. The average Bonchev–Trinajstić information content (AvgIpc) is 3.20. The zero-order valence-electron chi connectivity index (χ0n) is 15.6. The van der Waals surface area contributed by atoms with Crippen molar-refractivity contribution in [3.05, 3.63) is 48.0 Å². The summed E-state index contributed by atoms with van der Waals surface area (Å²) < 4.78 is 87.0. The van der Waals surface area contributed by atoms with Gasteiger partial charge in [-0.15, -0.1) is 0 Å². The zero-order chi connectivity index (χ0) is 21.2. The maximum Gasteiger partial charge on any atom is 0.264 e. The van der Waals surface area contributed by atoms with Crippen molar-refractivity contribution in [3.63, 3.8) is 0 Å². The Morgan fingerprint density at radius 1 is 1.00 bits per heavy atom. The van der Waals surface area contributed by atoms with E-state index in [1.54, 1.807) is 6.92 Å². The van der Waals surface area contributed by atoms with Crippen LogP contribution in [0.5, 0.6) is 5.75 Å². The van der Waals surface area contributed by atoms with Crippen LogP contribution >= 0.6 is 0 Å². The molecule has 158 valence electrons. The Morgan fingerprint density at radius 2 is 1.69 bits per heavy atom. The molecule has 1 fully saturated rings. The van der Waals surface area contributed by atoms with Gasteiger partial charge in [0.15, 0.2) is 0 Å². The fourth-order valence-corrected chi connectivity index (χ4v) is 5.82. The lowest BCUT2D eigenvalue weighted by molar-refractivity contribution is 0.330. The molecular weight excluding hydrogens is 426 g/mol.